The summed E-state index contributed by atoms with van der Waals surface area (Å²) in [6.07, 6.45) is 1.61. The van der Waals surface area contributed by atoms with Gasteiger partial charge in [0.15, 0.2) is 5.96 Å². The second kappa shape index (κ2) is 6.82. The molecule has 1 aromatic heterocycles. The highest BCUT2D eigenvalue weighted by Gasteiger charge is 2.16. The lowest BCUT2D eigenvalue weighted by Crippen LogP contribution is -2.41. The molecule has 0 atom stereocenters. The Morgan fingerprint density at radius 1 is 1.42 bits per heavy atom. The predicted molar refractivity (Wildman–Crippen MR) is 72.8 cm³/mol. The maximum Gasteiger partial charge on any atom is 0.325 e. The van der Waals surface area contributed by atoms with Gasteiger partial charge in [-0.2, -0.15) is 0 Å². The first-order valence-electron chi connectivity index (χ1n) is 6.09. The Bertz CT molecular complexity index is 419. The zero-order valence-corrected chi connectivity index (χ0v) is 11.8. The van der Waals surface area contributed by atoms with Gasteiger partial charge in [-0.3, -0.25) is 9.79 Å². The van der Waals surface area contributed by atoms with Gasteiger partial charge in [0.05, 0.1) is 12.8 Å². The number of guanidine groups is 1. The average Bonchev–Trinajstić information content (AvgIpc) is 2.80. The van der Waals surface area contributed by atoms with Crippen LogP contribution >= 0.6 is 0 Å². The number of hydrogen-bond donors (Lipinski definition) is 2. The van der Waals surface area contributed by atoms with E-state index in [1.165, 1.54) is 0 Å². The number of nitrogens with one attached hydrogen (secondary N) is 2. The minimum Gasteiger partial charge on any atom is -0.467 e. The number of hydrogen-bond acceptors (Lipinski definition) is 4. The number of carbonyl (C=O) groups excluding carboxylic acids is 1. The molecule has 0 fully saturated rings. The molecule has 0 amide bonds. The summed E-state index contributed by atoms with van der Waals surface area (Å²) in [5.41, 5.74) is -0.482. The van der Waals surface area contributed by atoms with Crippen molar-refractivity contribution in [2.24, 2.45) is 4.99 Å². The maximum atomic E-state index is 11.5. The highest BCUT2D eigenvalue weighted by Crippen LogP contribution is 2.06. The van der Waals surface area contributed by atoms with E-state index in [2.05, 4.69) is 15.6 Å². The van der Waals surface area contributed by atoms with Crippen molar-refractivity contribution in [3.63, 3.8) is 0 Å². The molecule has 0 saturated carbocycles. The monoisotopic (exact) mass is 267 g/mol. The third-order valence-corrected chi connectivity index (χ3v) is 2.05. The minimum atomic E-state index is -0.482. The van der Waals surface area contributed by atoms with Gasteiger partial charge < -0.3 is 19.8 Å². The second-order valence-corrected chi connectivity index (χ2v) is 4.95. The average molecular weight is 267 g/mol. The van der Waals surface area contributed by atoms with Gasteiger partial charge in [-0.1, -0.05) is 0 Å². The number of nitrogens with zero attached hydrogens (tertiary/aromatic N) is 1. The fraction of sp³-hybridized carbons (Fsp3) is 0.538. The van der Waals surface area contributed by atoms with Gasteiger partial charge in [-0.25, -0.2) is 0 Å². The van der Waals surface area contributed by atoms with Crippen LogP contribution in [-0.2, 0) is 16.1 Å². The molecular formula is C13H21N3O3. The summed E-state index contributed by atoms with van der Waals surface area (Å²) in [5.74, 6) is 0.982. The van der Waals surface area contributed by atoms with E-state index in [4.69, 9.17) is 9.15 Å². The Labute approximate surface area is 113 Å². The van der Waals surface area contributed by atoms with Crippen LogP contribution in [0.25, 0.3) is 0 Å². The number of carbonyl (C=O) groups is 1. The van der Waals surface area contributed by atoms with Gasteiger partial charge in [0, 0.05) is 7.05 Å². The van der Waals surface area contributed by atoms with Crippen molar-refractivity contribution < 1.29 is 13.9 Å². The Balaban J connectivity index is 2.31. The number of rotatable bonds is 4. The number of furan rings is 1. The van der Waals surface area contributed by atoms with Crippen molar-refractivity contribution in [3.8, 4) is 0 Å². The fourth-order valence-corrected chi connectivity index (χ4v) is 1.34. The van der Waals surface area contributed by atoms with Crippen molar-refractivity contribution in [2.75, 3.05) is 13.6 Å². The van der Waals surface area contributed by atoms with Crippen molar-refractivity contribution in [2.45, 2.75) is 32.9 Å². The first-order chi connectivity index (χ1) is 8.90. The summed E-state index contributed by atoms with van der Waals surface area (Å²) in [5, 5.41) is 5.90. The summed E-state index contributed by atoms with van der Waals surface area (Å²) < 4.78 is 10.4. The van der Waals surface area contributed by atoms with Crippen LogP contribution in [0.4, 0.5) is 0 Å². The quantitative estimate of drug-likeness (QED) is 0.488. The van der Waals surface area contributed by atoms with Gasteiger partial charge in [-0.15, -0.1) is 0 Å². The molecule has 0 aliphatic heterocycles. The molecule has 0 saturated heterocycles. The summed E-state index contributed by atoms with van der Waals surface area (Å²) in [4.78, 5) is 15.5. The number of esters is 1. The maximum absolute atomic E-state index is 11.5. The summed E-state index contributed by atoms with van der Waals surface area (Å²) in [6, 6.07) is 3.67. The highest BCUT2D eigenvalue weighted by molar-refractivity contribution is 5.84. The predicted octanol–water partition coefficient (Wildman–Crippen LogP) is 1.29. The van der Waals surface area contributed by atoms with E-state index in [1.54, 1.807) is 13.3 Å². The lowest BCUT2D eigenvalue weighted by atomic mass is 10.2. The van der Waals surface area contributed by atoms with Gasteiger partial charge in [0.1, 0.15) is 17.9 Å². The molecule has 2 N–H and O–H groups in total. The summed E-state index contributed by atoms with van der Waals surface area (Å²) in [7, 11) is 1.63. The van der Waals surface area contributed by atoms with Crippen LogP contribution in [0, 0.1) is 0 Å². The SMILES string of the molecule is CN=C(NCC(=O)OC(C)(C)C)NCc1ccco1. The Morgan fingerprint density at radius 3 is 2.68 bits per heavy atom. The van der Waals surface area contributed by atoms with Crippen molar-refractivity contribution >= 4 is 11.9 Å². The van der Waals surface area contributed by atoms with Crippen molar-refractivity contribution in [3.05, 3.63) is 24.2 Å². The van der Waals surface area contributed by atoms with Crippen LogP contribution in [-0.4, -0.2) is 31.1 Å². The van der Waals surface area contributed by atoms with E-state index in [0.717, 1.165) is 5.76 Å². The third-order valence-electron chi connectivity index (χ3n) is 2.05. The molecule has 6 nitrogen and oxygen atoms in total. The topological polar surface area (TPSA) is 75.9 Å². The lowest BCUT2D eigenvalue weighted by molar-refractivity contribution is -0.153. The van der Waals surface area contributed by atoms with Crippen molar-refractivity contribution in [1.82, 2.24) is 10.6 Å². The van der Waals surface area contributed by atoms with Gasteiger partial charge in [0.2, 0.25) is 0 Å². The number of aliphatic imine (C=N–C) groups is 1. The van der Waals surface area contributed by atoms with Crippen LogP contribution in [0.2, 0.25) is 0 Å². The molecule has 0 unspecified atom stereocenters. The van der Waals surface area contributed by atoms with Gasteiger partial charge in [0.25, 0.3) is 0 Å². The van der Waals surface area contributed by atoms with Crippen LogP contribution in [0.3, 0.4) is 0 Å². The molecule has 0 aliphatic carbocycles. The van der Waals surface area contributed by atoms with E-state index in [9.17, 15) is 4.79 Å². The molecule has 0 aliphatic rings. The van der Waals surface area contributed by atoms with E-state index < -0.39 is 5.60 Å². The Hall–Kier alpha value is -1.98. The van der Waals surface area contributed by atoms with E-state index >= 15 is 0 Å². The molecule has 0 bridgehead atoms. The molecule has 19 heavy (non-hydrogen) atoms. The second-order valence-electron chi connectivity index (χ2n) is 4.95. The van der Waals surface area contributed by atoms with Crippen LogP contribution < -0.4 is 10.6 Å². The standard InChI is InChI=1S/C13H21N3O3/c1-13(2,3)19-11(17)9-16-12(14-4)15-8-10-6-5-7-18-10/h5-7H,8-9H2,1-4H3,(H2,14,15,16). The fourth-order valence-electron chi connectivity index (χ4n) is 1.34. The van der Waals surface area contributed by atoms with Crippen molar-refractivity contribution in [1.29, 1.82) is 0 Å². The van der Waals surface area contributed by atoms with Gasteiger partial charge >= 0.3 is 5.97 Å². The molecule has 1 rings (SSSR count). The largest absolute Gasteiger partial charge is 0.467 e. The van der Waals surface area contributed by atoms with E-state index in [1.807, 2.05) is 32.9 Å². The number of ether oxygens (including phenoxy) is 1. The molecule has 0 spiro atoms. The van der Waals surface area contributed by atoms with E-state index in [-0.39, 0.29) is 12.5 Å². The molecule has 1 aromatic rings. The summed E-state index contributed by atoms with van der Waals surface area (Å²) in [6.45, 7) is 6.05. The summed E-state index contributed by atoms with van der Waals surface area (Å²) >= 11 is 0. The molecule has 0 radical (unpaired) electrons. The minimum absolute atomic E-state index is 0.0646. The third kappa shape index (κ3) is 6.49. The lowest BCUT2D eigenvalue weighted by Gasteiger charge is -2.20. The smallest absolute Gasteiger partial charge is 0.325 e. The molecular weight excluding hydrogens is 246 g/mol. The zero-order chi connectivity index (χ0) is 14.3. The molecule has 1 heterocycles. The first kappa shape index (κ1) is 15.1. The van der Waals surface area contributed by atoms with Gasteiger partial charge in [-0.05, 0) is 32.9 Å². The first-order valence-corrected chi connectivity index (χ1v) is 6.09. The normalized spacial score (nSPS) is 12.1. The highest BCUT2D eigenvalue weighted by atomic mass is 16.6. The van der Waals surface area contributed by atoms with Crippen LogP contribution in [0.5, 0.6) is 0 Å². The Morgan fingerprint density at radius 2 is 2.16 bits per heavy atom. The molecule has 106 valence electrons. The Kier molecular flexibility index (Phi) is 5.41. The van der Waals surface area contributed by atoms with Crippen LogP contribution in [0.15, 0.2) is 27.8 Å². The zero-order valence-electron chi connectivity index (χ0n) is 11.8. The van der Waals surface area contributed by atoms with Crippen LogP contribution in [0.1, 0.15) is 26.5 Å². The molecule has 6 heteroatoms. The van der Waals surface area contributed by atoms with E-state index in [0.29, 0.717) is 12.5 Å². The molecule has 0 aromatic carbocycles.